The van der Waals surface area contributed by atoms with Crippen LogP contribution in [0.3, 0.4) is 0 Å². The number of carbonyl (C=O) groups is 1. The largest absolute Gasteiger partial charge is 0.491 e. The van der Waals surface area contributed by atoms with Gasteiger partial charge in [-0.25, -0.2) is 9.37 Å². The van der Waals surface area contributed by atoms with Crippen molar-refractivity contribution in [3.05, 3.63) is 71.1 Å². The van der Waals surface area contributed by atoms with Gasteiger partial charge in [-0.05, 0) is 67.9 Å². The maximum Gasteiger partial charge on any atom is 0.274 e. The summed E-state index contributed by atoms with van der Waals surface area (Å²) in [6, 6.07) is 16.5. The zero-order valence-corrected chi connectivity index (χ0v) is 18.6. The van der Waals surface area contributed by atoms with Crippen LogP contribution in [0.15, 0.2) is 54.6 Å². The van der Waals surface area contributed by atoms with Crippen LogP contribution in [-0.2, 0) is 0 Å². The number of thiazole rings is 1. The lowest BCUT2D eigenvalue weighted by molar-refractivity contribution is -0.0308. The van der Waals surface area contributed by atoms with E-state index in [-0.39, 0.29) is 23.8 Å². The van der Waals surface area contributed by atoms with Crippen LogP contribution in [0.4, 0.5) is 4.39 Å². The number of halogens is 1. The molecular weight excluding hydrogens is 423 g/mol. The minimum atomic E-state index is -0.281. The monoisotopic (exact) mass is 448 g/mol. The molecule has 3 aromatic rings. The molecule has 2 bridgehead atoms. The number of piperidine rings is 2. The molecule has 2 aliphatic heterocycles. The van der Waals surface area contributed by atoms with E-state index in [0.29, 0.717) is 29.9 Å². The Morgan fingerprint density at radius 3 is 2.53 bits per heavy atom. The Morgan fingerprint density at radius 1 is 1.06 bits per heavy atom. The molecule has 4 nitrogen and oxygen atoms in total. The SMILES string of the molecule is O=C(c1nc(C2CC2)sc1-c1ccccc1)N1C(COc2ccc(F)cc2)CC2CC1C2. The first-order valence-corrected chi connectivity index (χ1v) is 12.2. The Labute approximate surface area is 191 Å². The molecule has 2 aromatic carbocycles. The van der Waals surface area contributed by atoms with Crippen LogP contribution < -0.4 is 4.74 Å². The van der Waals surface area contributed by atoms with Crippen molar-refractivity contribution < 1.29 is 13.9 Å². The van der Waals surface area contributed by atoms with Crippen LogP contribution in [-0.4, -0.2) is 34.5 Å². The number of nitrogens with zero attached hydrogens (tertiary/aromatic N) is 2. The summed E-state index contributed by atoms with van der Waals surface area (Å²) in [5, 5.41) is 1.09. The van der Waals surface area contributed by atoms with Crippen molar-refractivity contribution in [1.82, 2.24) is 9.88 Å². The minimum absolute atomic E-state index is 0.0137. The van der Waals surface area contributed by atoms with Crippen molar-refractivity contribution in [1.29, 1.82) is 0 Å². The van der Waals surface area contributed by atoms with Crippen molar-refractivity contribution in [2.24, 2.45) is 5.92 Å². The molecular formula is C26H25FN2O2S. The van der Waals surface area contributed by atoms with E-state index in [1.807, 2.05) is 23.1 Å². The predicted octanol–water partition coefficient (Wildman–Crippen LogP) is 5.90. The third-order valence-corrected chi connectivity index (χ3v) is 8.17. The normalized spacial score (nSPS) is 24.2. The number of amides is 1. The van der Waals surface area contributed by atoms with Gasteiger partial charge in [-0.1, -0.05) is 30.3 Å². The van der Waals surface area contributed by atoms with Crippen molar-refractivity contribution in [2.75, 3.05) is 6.61 Å². The van der Waals surface area contributed by atoms with E-state index in [1.165, 1.54) is 12.1 Å². The number of benzene rings is 2. The molecule has 32 heavy (non-hydrogen) atoms. The van der Waals surface area contributed by atoms with Gasteiger partial charge in [0.2, 0.25) is 0 Å². The molecule has 6 heteroatoms. The van der Waals surface area contributed by atoms with Gasteiger partial charge in [0.1, 0.15) is 23.9 Å². The minimum Gasteiger partial charge on any atom is -0.491 e. The molecule has 7 rings (SSSR count). The number of aromatic nitrogens is 1. The molecule has 2 aliphatic carbocycles. The number of hydrogen-bond acceptors (Lipinski definition) is 4. The van der Waals surface area contributed by atoms with E-state index < -0.39 is 0 Å². The fourth-order valence-corrected chi connectivity index (χ4v) is 6.25. The summed E-state index contributed by atoms with van der Waals surface area (Å²) in [5.41, 5.74) is 1.66. The second-order valence-electron chi connectivity index (χ2n) is 9.23. The molecule has 3 heterocycles. The van der Waals surface area contributed by atoms with Crippen LogP contribution in [0.5, 0.6) is 5.75 Å². The Balaban J connectivity index is 1.29. The summed E-state index contributed by atoms with van der Waals surface area (Å²) in [7, 11) is 0. The standard InChI is InChI=1S/C26H25FN2O2S/c27-19-8-10-22(11-9-19)31-15-21-14-16-12-20(13-16)29(21)26(30)23-24(17-4-2-1-3-5-17)32-25(28-23)18-6-7-18/h1-5,8-11,16,18,20-21H,6-7,12-15H2. The van der Waals surface area contributed by atoms with Crippen LogP contribution in [0.25, 0.3) is 10.4 Å². The molecule has 2 saturated carbocycles. The highest BCUT2D eigenvalue weighted by molar-refractivity contribution is 7.15. The van der Waals surface area contributed by atoms with E-state index in [9.17, 15) is 9.18 Å². The third kappa shape index (κ3) is 3.71. The fourth-order valence-electron chi connectivity index (χ4n) is 5.01. The number of ether oxygens (including phenoxy) is 1. The second kappa shape index (κ2) is 8.00. The summed E-state index contributed by atoms with van der Waals surface area (Å²) in [6.07, 6.45) is 5.41. The summed E-state index contributed by atoms with van der Waals surface area (Å²) in [5.74, 6) is 1.56. The molecule has 1 atom stereocenters. The molecule has 4 aliphatic rings. The lowest BCUT2D eigenvalue weighted by Crippen LogP contribution is -2.60. The van der Waals surface area contributed by atoms with E-state index in [4.69, 9.17) is 9.72 Å². The van der Waals surface area contributed by atoms with Crippen molar-refractivity contribution in [2.45, 2.75) is 50.1 Å². The summed E-state index contributed by atoms with van der Waals surface area (Å²) >= 11 is 1.68. The van der Waals surface area contributed by atoms with E-state index >= 15 is 0 Å². The van der Waals surface area contributed by atoms with Gasteiger partial charge in [0.15, 0.2) is 0 Å². The van der Waals surface area contributed by atoms with Crippen LogP contribution in [0.2, 0.25) is 0 Å². The average molecular weight is 449 g/mol. The number of carbonyl (C=O) groups excluding carboxylic acids is 1. The van der Waals surface area contributed by atoms with Crippen molar-refractivity contribution in [3.63, 3.8) is 0 Å². The first kappa shape index (κ1) is 19.9. The predicted molar refractivity (Wildman–Crippen MR) is 123 cm³/mol. The van der Waals surface area contributed by atoms with Gasteiger partial charge in [-0.15, -0.1) is 11.3 Å². The highest BCUT2D eigenvalue weighted by Gasteiger charge is 2.47. The molecule has 0 N–H and O–H groups in total. The van der Waals surface area contributed by atoms with Gasteiger partial charge in [0.25, 0.3) is 5.91 Å². The molecule has 0 radical (unpaired) electrons. The summed E-state index contributed by atoms with van der Waals surface area (Å²) in [4.78, 5) is 21.8. The average Bonchev–Trinajstić information content (AvgIpc) is 3.56. The Kier molecular flexibility index (Phi) is 4.98. The zero-order chi connectivity index (χ0) is 21.7. The molecule has 4 fully saturated rings. The Hall–Kier alpha value is -2.73. The topological polar surface area (TPSA) is 42.4 Å². The molecule has 1 unspecified atom stereocenters. The number of rotatable bonds is 6. The van der Waals surface area contributed by atoms with E-state index in [1.54, 1.807) is 23.5 Å². The fraction of sp³-hybridized carbons (Fsp3) is 0.385. The first-order chi connectivity index (χ1) is 15.7. The molecule has 164 valence electrons. The van der Waals surface area contributed by atoms with Gasteiger partial charge in [0.05, 0.1) is 15.9 Å². The van der Waals surface area contributed by atoms with Gasteiger partial charge in [-0.2, -0.15) is 0 Å². The number of fused-ring (bicyclic) bond motifs is 2. The maximum absolute atomic E-state index is 13.9. The van der Waals surface area contributed by atoms with Crippen LogP contribution in [0, 0.1) is 11.7 Å². The van der Waals surface area contributed by atoms with Gasteiger partial charge in [0, 0.05) is 12.0 Å². The van der Waals surface area contributed by atoms with Gasteiger partial charge < -0.3 is 9.64 Å². The lowest BCUT2D eigenvalue weighted by Gasteiger charge is -2.53. The van der Waals surface area contributed by atoms with Gasteiger partial charge >= 0.3 is 0 Å². The first-order valence-electron chi connectivity index (χ1n) is 11.4. The third-order valence-electron chi connectivity index (χ3n) is 6.90. The van der Waals surface area contributed by atoms with Gasteiger partial charge in [-0.3, -0.25) is 4.79 Å². The highest BCUT2D eigenvalue weighted by Crippen LogP contribution is 2.47. The lowest BCUT2D eigenvalue weighted by atomic mass is 9.70. The van der Waals surface area contributed by atoms with Crippen LogP contribution >= 0.6 is 11.3 Å². The summed E-state index contributed by atoms with van der Waals surface area (Å²) < 4.78 is 19.2. The molecule has 1 amide bonds. The Bertz CT molecular complexity index is 1120. The second-order valence-corrected chi connectivity index (χ2v) is 10.3. The van der Waals surface area contributed by atoms with Crippen molar-refractivity contribution >= 4 is 17.2 Å². The zero-order valence-electron chi connectivity index (χ0n) is 17.7. The summed E-state index contributed by atoms with van der Waals surface area (Å²) in [6.45, 7) is 0.421. The van der Waals surface area contributed by atoms with E-state index in [0.717, 1.165) is 47.6 Å². The van der Waals surface area contributed by atoms with Crippen LogP contribution in [0.1, 0.15) is 53.5 Å². The highest BCUT2D eigenvalue weighted by atomic mass is 32.1. The Morgan fingerprint density at radius 2 is 1.81 bits per heavy atom. The molecule has 0 spiro atoms. The van der Waals surface area contributed by atoms with E-state index in [2.05, 4.69) is 12.1 Å². The molecule has 1 aromatic heterocycles. The van der Waals surface area contributed by atoms with Crippen molar-refractivity contribution in [3.8, 4) is 16.2 Å². The quantitative estimate of drug-likeness (QED) is 0.472. The number of hydrogen-bond donors (Lipinski definition) is 0. The maximum atomic E-state index is 13.9. The molecule has 2 saturated heterocycles. The smallest absolute Gasteiger partial charge is 0.274 e.